The largest absolute Gasteiger partial charge is 0.497 e. The van der Waals surface area contributed by atoms with Crippen LogP contribution >= 0.6 is 0 Å². The predicted molar refractivity (Wildman–Crippen MR) is 101 cm³/mol. The van der Waals surface area contributed by atoms with E-state index in [0.717, 1.165) is 12.2 Å². The van der Waals surface area contributed by atoms with Gasteiger partial charge in [-0.25, -0.2) is 0 Å². The molecule has 0 bridgehead atoms. The normalized spacial score (nSPS) is 19.5. The van der Waals surface area contributed by atoms with Crippen molar-refractivity contribution in [3.05, 3.63) is 65.2 Å². The van der Waals surface area contributed by atoms with E-state index in [2.05, 4.69) is 67.3 Å². The van der Waals surface area contributed by atoms with Crippen LogP contribution in [0.2, 0.25) is 0 Å². The van der Waals surface area contributed by atoms with Crippen molar-refractivity contribution in [2.24, 2.45) is 0 Å². The predicted octanol–water partition coefficient (Wildman–Crippen LogP) is 4.87. The Labute approximate surface area is 146 Å². The highest BCUT2D eigenvalue weighted by atomic mass is 16.5. The maximum atomic E-state index is 5.46. The zero-order valence-electron chi connectivity index (χ0n) is 15.2. The second kappa shape index (κ2) is 7.85. The Hall–Kier alpha value is -1.80. The molecule has 0 amide bonds. The molecule has 2 nitrogen and oxygen atoms in total. The van der Waals surface area contributed by atoms with Crippen molar-refractivity contribution in [1.82, 2.24) is 4.90 Å². The first-order chi connectivity index (χ1) is 11.8. The second-order valence-corrected chi connectivity index (χ2v) is 6.76. The van der Waals surface area contributed by atoms with E-state index in [4.69, 9.17) is 4.74 Å². The van der Waals surface area contributed by atoms with Crippen molar-refractivity contribution < 1.29 is 4.74 Å². The van der Waals surface area contributed by atoms with Crippen LogP contribution in [-0.2, 0) is 6.42 Å². The van der Waals surface area contributed by atoms with Crippen molar-refractivity contribution >= 4 is 0 Å². The monoisotopic (exact) mass is 323 g/mol. The molecule has 0 radical (unpaired) electrons. The molecule has 2 aromatic rings. The Bertz CT molecular complexity index is 646. The molecule has 1 aliphatic carbocycles. The van der Waals surface area contributed by atoms with Gasteiger partial charge in [0.2, 0.25) is 0 Å². The van der Waals surface area contributed by atoms with E-state index in [9.17, 15) is 0 Å². The molecule has 0 heterocycles. The van der Waals surface area contributed by atoms with Crippen molar-refractivity contribution in [1.29, 1.82) is 0 Å². The van der Waals surface area contributed by atoms with Crippen LogP contribution in [0.25, 0.3) is 0 Å². The van der Waals surface area contributed by atoms with E-state index < -0.39 is 0 Å². The molecule has 0 spiro atoms. The third-order valence-corrected chi connectivity index (χ3v) is 5.15. The number of nitrogens with zero attached hydrogens (tertiary/aromatic N) is 1. The molecule has 0 saturated carbocycles. The number of hydrogen-bond acceptors (Lipinski definition) is 2. The average molecular weight is 323 g/mol. The van der Waals surface area contributed by atoms with Gasteiger partial charge in [0, 0.05) is 12.0 Å². The van der Waals surface area contributed by atoms with Crippen LogP contribution in [0.15, 0.2) is 48.5 Å². The summed E-state index contributed by atoms with van der Waals surface area (Å²) in [7, 11) is 1.75. The van der Waals surface area contributed by atoms with Gasteiger partial charge in [0.15, 0.2) is 0 Å². The van der Waals surface area contributed by atoms with E-state index >= 15 is 0 Å². The molecule has 2 aromatic carbocycles. The molecule has 0 unspecified atom stereocenters. The highest BCUT2D eigenvalue weighted by Gasteiger charge is 2.36. The lowest BCUT2D eigenvalue weighted by Crippen LogP contribution is -2.39. The molecular weight excluding hydrogens is 294 g/mol. The first-order valence-corrected chi connectivity index (χ1v) is 9.24. The molecule has 128 valence electrons. The van der Waals surface area contributed by atoms with Gasteiger partial charge in [-0.3, -0.25) is 4.90 Å². The first kappa shape index (κ1) is 17.0. The third kappa shape index (κ3) is 3.34. The molecular formula is C22H29NO. The van der Waals surface area contributed by atoms with Gasteiger partial charge in [-0.15, -0.1) is 0 Å². The van der Waals surface area contributed by atoms with Gasteiger partial charge in [-0.05, 0) is 61.2 Å². The summed E-state index contributed by atoms with van der Waals surface area (Å²) in [6.07, 6.45) is 3.53. The minimum atomic E-state index is 0.463. The van der Waals surface area contributed by atoms with Crippen molar-refractivity contribution in [3.8, 4) is 5.75 Å². The number of methoxy groups -OCH3 is 1. The van der Waals surface area contributed by atoms with E-state index in [-0.39, 0.29) is 0 Å². The number of hydrogen-bond donors (Lipinski definition) is 0. The highest BCUT2D eigenvalue weighted by molar-refractivity contribution is 5.48. The summed E-state index contributed by atoms with van der Waals surface area (Å²) in [5, 5.41) is 0. The molecule has 0 N–H and O–H groups in total. The summed E-state index contributed by atoms with van der Waals surface area (Å²) < 4.78 is 5.46. The van der Waals surface area contributed by atoms with E-state index in [1.807, 2.05) is 0 Å². The van der Waals surface area contributed by atoms with Crippen LogP contribution in [0.5, 0.6) is 5.75 Å². The lowest BCUT2D eigenvalue weighted by Gasteiger charge is -2.33. The summed E-state index contributed by atoms with van der Waals surface area (Å²) in [4.78, 5) is 2.70. The Morgan fingerprint density at radius 2 is 1.71 bits per heavy atom. The highest BCUT2D eigenvalue weighted by Crippen LogP contribution is 2.42. The van der Waals surface area contributed by atoms with Gasteiger partial charge in [0.05, 0.1) is 7.11 Å². The van der Waals surface area contributed by atoms with Gasteiger partial charge in [0.1, 0.15) is 5.75 Å². The van der Waals surface area contributed by atoms with Gasteiger partial charge < -0.3 is 4.74 Å². The van der Waals surface area contributed by atoms with Crippen LogP contribution in [0.1, 0.15) is 49.3 Å². The lowest BCUT2D eigenvalue weighted by atomic mass is 9.89. The van der Waals surface area contributed by atoms with Gasteiger partial charge in [0.25, 0.3) is 0 Å². The maximum absolute atomic E-state index is 5.46. The number of ether oxygens (including phenoxy) is 1. The summed E-state index contributed by atoms with van der Waals surface area (Å²) in [5.74, 6) is 1.43. The Balaban J connectivity index is 2.01. The van der Waals surface area contributed by atoms with Crippen LogP contribution in [0, 0.1) is 0 Å². The number of benzene rings is 2. The SMILES string of the molecule is CCCN(CCC)[C@@H]1Cc2cc(OC)ccc2[C@H]1c1ccccc1. The van der Waals surface area contributed by atoms with Crippen LogP contribution in [-0.4, -0.2) is 31.1 Å². The molecule has 2 atom stereocenters. The van der Waals surface area contributed by atoms with Crippen LogP contribution in [0.4, 0.5) is 0 Å². The molecule has 2 heteroatoms. The smallest absolute Gasteiger partial charge is 0.119 e. The molecule has 0 aliphatic heterocycles. The average Bonchev–Trinajstić information content (AvgIpc) is 3.00. The van der Waals surface area contributed by atoms with Crippen molar-refractivity contribution in [2.45, 2.75) is 45.1 Å². The van der Waals surface area contributed by atoms with E-state index in [1.54, 1.807) is 7.11 Å². The molecule has 3 rings (SSSR count). The minimum absolute atomic E-state index is 0.463. The van der Waals surface area contributed by atoms with E-state index in [1.165, 1.54) is 42.6 Å². The fourth-order valence-corrected chi connectivity index (χ4v) is 4.16. The Morgan fingerprint density at radius 1 is 1.00 bits per heavy atom. The van der Waals surface area contributed by atoms with E-state index in [0.29, 0.717) is 12.0 Å². The van der Waals surface area contributed by atoms with Crippen LogP contribution < -0.4 is 4.74 Å². The lowest BCUT2D eigenvalue weighted by molar-refractivity contribution is 0.189. The minimum Gasteiger partial charge on any atom is -0.497 e. The second-order valence-electron chi connectivity index (χ2n) is 6.76. The van der Waals surface area contributed by atoms with Crippen molar-refractivity contribution in [2.75, 3.05) is 20.2 Å². The third-order valence-electron chi connectivity index (χ3n) is 5.15. The summed E-state index contributed by atoms with van der Waals surface area (Å²) >= 11 is 0. The zero-order valence-corrected chi connectivity index (χ0v) is 15.2. The molecule has 1 aliphatic rings. The number of rotatable bonds is 7. The molecule has 24 heavy (non-hydrogen) atoms. The Kier molecular flexibility index (Phi) is 5.57. The van der Waals surface area contributed by atoms with Gasteiger partial charge >= 0.3 is 0 Å². The molecule has 0 aromatic heterocycles. The van der Waals surface area contributed by atoms with Crippen LogP contribution in [0.3, 0.4) is 0 Å². The standard InChI is InChI=1S/C22H29NO/c1-4-13-23(14-5-2)21-16-18-15-19(24-3)11-12-20(18)22(21)17-9-7-6-8-10-17/h6-12,15,21-22H,4-5,13-14,16H2,1-3H3/t21-,22-/m1/s1. The van der Waals surface area contributed by atoms with Gasteiger partial charge in [-0.1, -0.05) is 50.2 Å². The van der Waals surface area contributed by atoms with Crippen molar-refractivity contribution in [3.63, 3.8) is 0 Å². The Morgan fingerprint density at radius 3 is 2.33 bits per heavy atom. The molecule has 0 saturated heterocycles. The fourth-order valence-electron chi connectivity index (χ4n) is 4.16. The zero-order chi connectivity index (χ0) is 16.9. The fraction of sp³-hybridized carbons (Fsp3) is 0.455. The summed E-state index contributed by atoms with van der Waals surface area (Å²) in [6.45, 7) is 6.91. The first-order valence-electron chi connectivity index (χ1n) is 9.24. The van der Waals surface area contributed by atoms with Gasteiger partial charge in [-0.2, -0.15) is 0 Å². The quantitative estimate of drug-likeness (QED) is 0.720. The number of fused-ring (bicyclic) bond motifs is 1. The topological polar surface area (TPSA) is 12.5 Å². The maximum Gasteiger partial charge on any atom is 0.119 e. The summed E-state index contributed by atoms with van der Waals surface area (Å²) in [6, 6.07) is 18.2. The molecule has 0 fully saturated rings. The summed E-state index contributed by atoms with van der Waals surface area (Å²) in [5.41, 5.74) is 4.36.